The second-order valence-corrected chi connectivity index (χ2v) is 13.5. The van der Waals surface area contributed by atoms with E-state index in [1.165, 1.54) is 0 Å². The maximum absolute atomic E-state index is 13.0. The average molecular weight is 752 g/mol. The molecule has 0 aromatic heterocycles. The number of phosphoric acid groups is 2. The van der Waals surface area contributed by atoms with Crippen molar-refractivity contribution in [2.24, 2.45) is 0 Å². The van der Waals surface area contributed by atoms with E-state index >= 15 is 0 Å². The summed E-state index contributed by atoms with van der Waals surface area (Å²) in [6, 6.07) is 0. The van der Waals surface area contributed by atoms with E-state index < -0.39 is 146 Å². The predicted molar refractivity (Wildman–Crippen MR) is 140 cm³/mol. The molecule has 17 atom stereocenters. The van der Waals surface area contributed by atoms with Crippen LogP contribution in [0.5, 0.6) is 0 Å². The third-order valence-electron chi connectivity index (χ3n) is 7.45. The van der Waals surface area contributed by atoms with Gasteiger partial charge in [-0.15, -0.1) is 0 Å². The number of aliphatic hydroxyl groups is 11. The van der Waals surface area contributed by atoms with Gasteiger partial charge < -0.3 is 94.9 Å². The van der Waals surface area contributed by atoms with Gasteiger partial charge in [0.25, 0.3) is 5.79 Å². The van der Waals surface area contributed by atoms with Crippen LogP contribution in [0.15, 0.2) is 0 Å². The second kappa shape index (κ2) is 16.2. The van der Waals surface area contributed by atoms with Crippen molar-refractivity contribution >= 4 is 21.6 Å². The Balaban J connectivity index is 1.96. The molecule has 0 amide bonds. The topological polar surface area (TPSA) is 419 Å². The van der Waals surface area contributed by atoms with E-state index in [0.29, 0.717) is 0 Å². The van der Waals surface area contributed by atoms with E-state index in [-0.39, 0.29) is 0 Å². The monoisotopic (exact) mass is 752 g/mol. The Bertz CT molecular complexity index is 1170. The van der Waals surface area contributed by atoms with Gasteiger partial charge in [-0.3, -0.25) is 13.6 Å². The van der Waals surface area contributed by atoms with Gasteiger partial charge in [0.05, 0.1) is 19.8 Å². The fraction of sp³-hybridized carbons (Fsp3) is 0.952. The molecule has 1 unspecified atom stereocenters. The Morgan fingerprint density at radius 2 is 1.35 bits per heavy atom. The summed E-state index contributed by atoms with van der Waals surface area (Å²) in [5.74, 6) is -5.47. The van der Waals surface area contributed by atoms with Crippen molar-refractivity contribution in [3.8, 4) is 0 Å². The molecule has 3 rings (SSSR count). The van der Waals surface area contributed by atoms with Crippen LogP contribution in [0.4, 0.5) is 0 Å². The Labute approximate surface area is 268 Å². The number of phosphoric ester groups is 2. The molecule has 25 nitrogen and oxygen atoms in total. The van der Waals surface area contributed by atoms with Crippen LogP contribution in [-0.2, 0) is 46.4 Å². The van der Waals surface area contributed by atoms with E-state index in [4.69, 9.17) is 23.5 Å². The van der Waals surface area contributed by atoms with Crippen molar-refractivity contribution in [2.75, 3.05) is 19.8 Å². The smallest absolute Gasteiger partial charge is 0.475 e. The molecule has 3 heterocycles. The number of carbonyl (C=O) groups is 1. The van der Waals surface area contributed by atoms with Gasteiger partial charge in [0.1, 0.15) is 79.4 Å². The SMILES string of the molecule is O=C(O)[C@@]1(O)C[C@@H](OP(=O)(O)O)[C@@H](O[C@H]2O[C@H]([C@H](O)CO)[C@@H](O)[C@H](OP(=O)(O)O[C@H]3O[C@H](CO)[C@@H](O)[C@H](O)[C@H]3O)[C@@H]2O)[C@@H]([C@H](O)CO)O1. The summed E-state index contributed by atoms with van der Waals surface area (Å²) in [6.07, 6.45) is -34.6. The summed E-state index contributed by atoms with van der Waals surface area (Å²) < 4.78 is 59.4. The van der Waals surface area contributed by atoms with Crippen molar-refractivity contribution < 1.29 is 122 Å². The van der Waals surface area contributed by atoms with Crippen LogP contribution in [0, 0.1) is 0 Å². The summed E-state index contributed by atoms with van der Waals surface area (Å²) in [5, 5.41) is 120. The number of rotatable bonds is 14. The minimum Gasteiger partial charge on any atom is -0.477 e. The Kier molecular flexibility index (Phi) is 14.0. The third kappa shape index (κ3) is 9.49. The molecule has 3 saturated heterocycles. The Morgan fingerprint density at radius 1 is 0.771 bits per heavy atom. The zero-order valence-electron chi connectivity index (χ0n) is 24.2. The molecular formula is C21H38O25P2. The first-order valence-electron chi connectivity index (χ1n) is 13.7. The molecule has 0 aromatic rings. The van der Waals surface area contributed by atoms with Crippen molar-refractivity contribution in [1.29, 1.82) is 0 Å². The summed E-state index contributed by atoms with van der Waals surface area (Å²) in [4.78, 5) is 41.0. The number of carboxylic acid groups (broad SMARTS) is 1. The molecular weight excluding hydrogens is 714 g/mol. The lowest BCUT2D eigenvalue weighted by atomic mass is 9.91. The lowest BCUT2D eigenvalue weighted by Crippen LogP contribution is -2.67. The molecule has 0 spiro atoms. The van der Waals surface area contributed by atoms with Crippen LogP contribution in [0.25, 0.3) is 0 Å². The quantitative estimate of drug-likeness (QED) is 0.0732. The summed E-state index contributed by atoms with van der Waals surface area (Å²) in [5.41, 5.74) is 0. The highest BCUT2D eigenvalue weighted by molar-refractivity contribution is 7.47. The lowest BCUT2D eigenvalue weighted by molar-refractivity contribution is -0.362. The van der Waals surface area contributed by atoms with Gasteiger partial charge in [-0.2, -0.15) is 0 Å². The molecule has 282 valence electrons. The van der Waals surface area contributed by atoms with Crippen LogP contribution in [0.3, 0.4) is 0 Å². The summed E-state index contributed by atoms with van der Waals surface area (Å²) in [7, 11) is -11.3. The molecule has 3 aliphatic heterocycles. The highest BCUT2D eigenvalue weighted by Crippen LogP contribution is 2.50. The van der Waals surface area contributed by atoms with Crippen LogP contribution < -0.4 is 0 Å². The molecule has 0 bridgehead atoms. The van der Waals surface area contributed by atoms with Gasteiger partial charge in [0, 0.05) is 6.42 Å². The molecule has 0 saturated carbocycles. The molecule has 15 N–H and O–H groups in total. The standard InChI is InChI=1S/C21H38O25P2/c22-2-5(25)14-12(30)17(45-48(38,39)46-19-11(29)10(28)9(27)8(4-24)40-19)13(31)18(41-14)42-16-7(44-47(35,36)37)1-21(34,20(32)33)43-15(16)6(26)3-23/h5-19,22-31,34H,1-4H2,(H,32,33)(H,38,39)(H2,35,36,37)/t5-,6-,7-,8-,9-,10+,11-,12-,13+,14-,15-,16-,17+,18-,19-,21-/m1/s1. The average Bonchev–Trinajstić information content (AvgIpc) is 3.00. The maximum atomic E-state index is 13.0. The van der Waals surface area contributed by atoms with Gasteiger partial charge in [0.15, 0.2) is 12.6 Å². The number of ether oxygens (including phenoxy) is 4. The number of hydrogen-bond donors (Lipinski definition) is 15. The van der Waals surface area contributed by atoms with Gasteiger partial charge in [-0.1, -0.05) is 0 Å². The maximum Gasteiger partial charge on any atom is 0.475 e. The van der Waals surface area contributed by atoms with E-state index in [1.54, 1.807) is 0 Å². The number of aliphatic carboxylic acids is 1. The lowest BCUT2D eigenvalue weighted by Gasteiger charge is -2.48. The second-order valence-electron chi connectivity index (χ2n) is 10.9. The van der Waals surface area contributed by atoms with Crippen molar-refractivity contribution in [2.45, 2.75) is 104 Å². The van der Waals surface area contributed by atoms with Crippen LogP contribution >= 0.6 is 15.6 Å². The largest absolute Gasteiger partial charge is 0.477 e. The van der Waals surface area contributed by atoms with Crippen molar-refractivity contribution in [3.63, 3.8) is 0 Å². The van der Waals surface area contributed by atoms with Gasteiger partial charge in [-0.25, -0.2) is 13.9 Å². The summed E-state index contributed by atoms with van der Waals surface area (Å²) in [6.45, 7) is -3.44. The highest BCUT2D eigenvalue weighted by atomic mass is 31.2. The summed E-state index contributed by atoms with van der Waals surface area (Å²) >= 11 is 0. The molecule has 3 aliphatic rings. The van der Waals surface area contributed by atoms with Crippen molar-refractivity contribution in [1.82, 2.24) is 0 Å². The minimum absolute atomic E-state index is 0.980. The van der Waals surface area contributed by atoms with E-state index in [9.17, 15) is 89.9 Å². The zero-order valence-corrected chi connectivity index (χ0v) is 26.0. The van der Waals surface area contributed by atoms with Crippen molar-refractivity contribution in [3.05, 3.63) is 0 Å². The first-order chi connectivity index (χ1) is 22.1. The molecule has 0 radical (unpaired) electrons. The molecule has 27 heteroatoms. The number of carboxylic acids is 1. The first-order valence-corrected chi connectivity index (χ1v) is 16.7. The molecule has 3 fully saturated rings. The first kappa shape index (κ1) is 41.5. The fourth-order valence-electron chi connectivity index (χ4n) is 5.06. The predicted octanol–water partition coefficient (Wildman–Crippen LogP) is -8.13. The Hall–Kier alpha value is -0.910. The molecule has 0 aliphatic carbocycles. The van der Waals surface area contributed by atoms with Gasteiger partial charge in [-0.05, 0) is 0 Å². The normalized spacial score (nSPS) is 43.7. The number of aliphatic hydroxyl groups excluding tert-OH is 10. The van der Waals surface area contributed by atoms with E-state index in [1.807, 2.05) is 0 Å². The van der Waals surface area contributed by atoms with Crippen LogP contribution in [0.2, 0.25) is 0 Å². The van der Waals surface area contributed by atoms with Gasteiger partial charge in [0.2, 0.25) is 0 Å². The minimum atomic E-state index is -5.72. The van der Waals surface area contributed by atoms with Crippen LogP contribution in [0.1, 0.15) is 6.42 Å². The third-order valence-corrected chi connectivity index (χ3v) is 8.98. The molecule has 48 heavy (non-hydrogen) atoms. The molecule has 0 aromatic carbocycles. The zero-order chi connectivity index (χ0) is 36.5. The van der Waals surface area contributed by atoms with Gasteiger partial charge >= 0.3 is 21.6 Å². The van der Waals surface area contributed by atoms with Crippen LogP contribution in [-0.4, -0.2) is 199 Å². The highest BCUT2D eigenvalue weighted by Gasteiger charge is 2.59. The van der Waals surface area contributed by atoms with E-state index in [0.717, 1.165) is 0 Å². The Morgan fingerprint density at radius 3 is 1.88 bits per heavy atom. The van der Waals surface area contributed by atoms with E-state index in [2.05, 4.69) is 9.05 Å². The fourth-order valence-corrected chi connectivity index (χ4v) is 6.65. The number of hydrogen-bond acceptors (Lipinski definition) is 21.